The fourth-order valence-electron chi connectivity index (χ4n) is 1.64. The molecule has 3 unspecified atom stereocenters. The van der Waals surface area contributed by atoms with Crippen LogP contribution >= 0.6 is 0 Å². The molecule has 0 aliphatic heterocycles. The Kier molecular flexibility index (Phi) is 7.34. The van der Waals surface area contributed by atoms with Gasteiger partial charge in [-0.15, -0.1) is 0 Å². The van der Waals surface area contributed by atoms with E-state index in [9.17, 15) is 4.79 Å². The van der Waals surface area contributed by atoms with Crippen molar-refractivity contribution in [3.63, 3.8) is 0 Å². The van der Waals surface area contributed by atoms with E-state index in [0.717, 1.165) is 12.8 Å². The van der Waals surface area contributed by atoms with Crippen LogP contribution in [0.3, 0.4) is 0 Å². The average Bonchev–Trinajstić information content (AvgIpc) is 2.12. The average molecular weight is 216 g/mol. The van der Waals surface area contributed by atoms with E-state index in [1.165, 1.54) is 0 Å². The van der Waals surface area contributed by atoms with Crippen LogP contribution < -0.4 is 11.1 Å². The lowest BCUT2D eigenvalue weighted by Gasteiger charge is -2.19. The maximum atomic E-state index is 11.7. The first-order valence-corrected chi connectivity index (χ1v) is 5.69. The molecule has 0 saturated heterocycles. The van der Waals surface area contributed by atoms with E-state index in [1.807, 2.05) is 13.8 Å². The summed E-state index contributed by atoms with van der Waals surface area (Å²) in [6.45, 7) is 6.04. The molecule has 3 atom stereocenters. The minimum Gasteiger partial charge on any atom is -0.393 e. The molecule has 90 valence electrons. The topological polar surface area (TPSA) is 75.4 Å². The van der Waals surface area contributed by atoms with Gasteiger partial charge in [0.05, 0.1) is 12.0 Å². The summed E-state index contributed by atoms with van der Waals surface area (Å²) in [4.78, 5) is 11.7. The highest BCUT2D eigenvalue weighted by Crippen LogP contribution is 2.06. The number of hydrogen-bond donors (Lipinski definition) is 3. The van der Waals surface area contributed by atoms with Crippen LogP contribution in [0, 0.1) is 5.92 Å². The van der Waals surface area contributed by atoms with Crippen LogP contribution in [0.15, 0.2) is 0 Å². The third-order valence-electron chi connectivity index (χ3n) is 2.38. The van der Waals surface area contributed by atoms with E-state index in [4.69, 9.17) is 10.8 Å². The molecule has 0 bridgehead atoms. The van der Waals surface area contributed by atoms with E-state index in [1.54, 1.807) is 6.92 Å². The Hall–Kier alpha value is -0.610. The molecule has 15 heavy (non-hydrogen) atoms. The Morgan fingerprint density at radius 2 is 2.07 bits per heavy atom. The number of carbonyl (C=O) groups excluding carboxylic acids is 1. The van der Waals surface area contributed by atoms with Crippen molar-refractivity contribution in [3.8, 4) is 0 Å². The minimum atomic E-state index is -0.386. The molecule has 0 saturated carbocycles. The smallest absolute Gasteiger partial charge is 0.224 e. The van der Waals surface area contributed by atoms with E-state index in [-0.39, 0.29) is 24.0 Å². The zero-order chi connectivity index (χ0) is 11.8. The highest BCUT2D eigenvalue weighted by molar-refractivity contribution is 5.79. The van der Waals surface area contributed by atoms with Crippen molar-refractivity contribution in [1.29, 1.82) is 0 Å². The van der Waals surface area contributed by atoms with E-state index >= 15 is 0 Å². The van der Waals surface area contributed by atoms with Crippen molar-refractivity contribution in [1.82, 2.24) is 5.32 Å². The highest BCUT2D eigenvalue weighted by atomic mass is 16.3. The molecule has 0 radical (unpaired) electrons. The summed E-state index contributed by atoms with van der Waals surface area (Å²) in [5.41, 5.74) is 5.53. The van der Waals surface area contributed by atoms with Crippen LogP contribution in [0.4, 0.5) is 0 Å². The molecule has 4 N–H and O–H groups in total. The van der Waals surface area contributed by atoms with Gasteiger partial charge in [-0.2, -0.15) is 0 Å². The van der Waals surface area contributed by atoms with Crippen molar-refractivity contribution >= 4 is 5.91 Å². The molecule has 0 aromatic carbocycles. The number of rotatable bonds is 7. The first kappa shape index (κ1) is 14.4. The monoisotopic (exact) mass is 216 g/mol. The minimum absolute atomic E-state index is 0.00315. The predicted molar refractivity (Wildman–Crippen MR) is 61.4 cm³/mol. The molecule has 0 rings (SSSR count). The third kappa shape index (κ3) is 6.47. The van der Waals surface area contributed by atoms with Crippen LogP contribution in [-0.4, -0.2) is 29.7 Å². The molecule has 0 aromatic rings. The Bertz CT molecular complexity index is 183. The second-order valence-electron chi connectivity index (χ2n) is 4.22. The van der Waals surface area contributed by atoms with Gasteiger partial charge in [0.1, 0.15) is 0 Å². The fourth-order valence-corrected chi connectivity index (χ4v) is 1.64. The Labute approximate surface area is 92.2 Å². The summed E-state index contributed by atoms with van der Waals surface area (Å²) < 4.78 is 0. The van der Waals surface area contributed by atoms with Gasteiger partial charge >= 0.3 is 0 Å². The van der Waals surface area contributed by atoms with E-state index < -0.39 is 0 Å². The largest absolute Gasteiger partial charge is 0.393 e. The first-order chi connectivity index (χ1) is 7.01. The Morgan fingerprint density at radius 3 is 2.47 bits per heavy atom. The third-order valence-corrected chi connectivity index (χ3v) is 2.38. The summed E-state index contributed by atoms with van der Waals surface area (Å²) in [7, 11) is 0. The SMILES string of the molecule is CCCC(CN)C(=O)NC(C)CC(C)O. The molecule has 4 heteroatoms. The van der Waals surface area contributed by atoms with Gasteiger partial charge in [-0.05, 0) is 26.7 Å². The van der Waals surface area contributed by atoms with Crippen molar-refractivity contribution in [2.45, 2.75) is 52.2 Å². The first-order valence-electron chi connectivity index (χ1n) is 5.69. The molecule has 0 aliphatic carbocycles. The maximum Gasteiger partial charge on any atom is 0.224 e. The van der Waals surface area contributed by atoms with Crippen molar-refractivity contribution in [2.75, 3.05) is 6.54 Å². The van der Waals surface area contributed by atoms with Crippen LogP contribution in [-0.2, 0) is 4.79 Å². The van der Waals surface area contributed by atoms with Crippen molar-refractivity contribution in [3.05, 3.63) is 0 Å². The molecule has 4 nitrogen and oxygen atoms in total. The van der Waals surface area contributed by atoms with Crippen molar-refractivity contribution in [2.24, 2.45) is 11.7 Å². The van der Waals surface area contributed by atoms with Gasteiger partial charge in [0.2, 0.25) is 5.91 Å². The lowest BCUT2D eigenvalue weighted by Crippen LogP contribution is -2.41. The van der Waals surface area contributed by atoms with Crippen LogP contribution in [0.1, 0.15) is 40.0 Å². The molecule has 1 amide bonds. The molecule has 0 spiro atoms. The lowest BCUT2D eigenvalue weighted by atomic mass is 10.0. The maximum absolute atomic E-state index is 11.7. The normalized spacial score (nSPS) is 16.9. The lowest BCUT2D eigenvalue weighted by molar-refractivity contribution is -0.125. The molecular formula is C11H24N2O2. The summed E-state index contributed by atoms with van der Waals surface area (Å²) in [5.74, 6) is -0.0843. The zero-order valence-electron chi connectivity index (χ0n) is 9.99. The quantitative estimate of drug-likeness (QED) is 0.584. The van der Waals surface area contributed by atoms with Gasteiger partial charge in [0, 0.05) is 12.6 Å². The second kappa shape index (κ2) is 7.65. The molecule has 0 fully saturated rings. The van der Waals surface area contributed by atoms with Crippen LogP contribution in [0.2, 0.25) is 0 Å². The molecule has 0 aliphatic rings. The number of carbonyl (C=O) groups is 1. The summed E-state index contributed by atoms with van der Waals surface area (Å²) in [6, 6.07) is 0.00315. The van der Waals surface area contributed by atoms with Crippen LogP contribution in [0.5, 0.6) is 0 Å². The Morgan fingerprint density at radius 1 is 1.47 bits per heavy atom. The molecule has 0 aromatic heterocycles. The summed E-state index contributed by atoms with van der Waals surface area (Å²) in [6.07, 6.45) is 1.97. The number of aliphatic hydroxyl groups is 1. The second-order valence-corrected chi connectivity index (χ2v) is 4.22. The fraction of sp³-hybridized carbons (Fsp3) is 0.909. The Balaban J connectivity index is 3.98. The number of nitrogens with one attached hydrogen (secondary N) is 1. The molecule has 0 heterocycles. The predicted octanol–water partition coefficient (Wildman–Crippen LogP) is 0.637. The van der Waals surface area contributed by atoms with Gasteiger partial charge in [-0.1, -0.05) is 13.3 Å². The van der Waals surface area contributed by atoms with E-state index in [0.29, 0.717) is 13.0 Å². The zero-order valence-corrected chi connectivity index (χ0v) is 9.99. The van der Waals surface area contributed by atoms with Gasteiger partial charge in [-0.3, -0.25) is 4.79 Å². The number of amides is 1. The summed E-state index contributed by atoms with van der Waals surface area (Å²) in [5, 5.41) is 12.0. The number of hydrogen-bond acceptors (Lipinski definition) is 3. The van der Waals surface area contributed by atoms with Gasteiger partial charge < -0.3 is 16.2 Å². The molecular weight excluding hydrogens is 192 g/mol. The van der Waals surface area contributed by atoms with Gasteiger partial charge in [0.15, 0.2) is 0 Å². The van der Waals surface area contributed by atoms with Gasteiger partial charge in [-0.25, -0.2) is 0 Å². The van der Waals surface area contributed by atoms with E-state index in [2.05, 4.69) is 5.32 Å². The summed E-state index contributed by atoms with van der Waals surface area (Å²) >= 11 is 0. The van der Waals surface area contributed by atoms with Crippen LogP contribution in [0.25, 0.3) is 0 Å². The number of aliphatic hydroxyl groups excluding tert-OH is 1. The standard InChI is InChI=1S/C11H24N2O2/c1-4-5-10(7-12)11(15)13-8(2)6-9(3)14/h8-10,14H,4-7,12H2,1-3H3,(H,13,15). The van der Waals surface area contributed by atoms with Gasteiger partial charge in [0.25, 0.3) is 0 Å². The number of nitrogens with two attached hydrogens (primary N) is 1. The van der Waals surface area contributed by atoms with Crippen molar-refractivity contribution < 1.29 is 9.90 Å². The highest BCUT2D eigenvalue weighted by Gasteiger charge is 2.17.